The minimum Gasteiger partial charge on any atom is -0.418 e. The van der Waals surface area contributed by atoms with Gasteiger partial charge in [-0.15, -0.1) is 0 Å². The third-order valence-electron chi connectivity index (χ3n) is 1.85. The van der Waals surface area contributed by atoms with Crippen LogP contribution in [0.1, 0.15) is 6.92 Å². The van der Waals surface area contributed by atoms with Gasteiger partial charge in [0.2, 0.25) is 0 Å². The van der Waals surface area contributed by atoms with Crippen LogP contribution in [0.4, 0.5) is 0 Å². The van der Waals surface area contributed by atoms with Crippen LogP contribution in [-0.2, 0) is 0 Å². The van der Waals surface area contributed by atoms with E-state index in [9.17, 15) is 4.89 Å². The lowest BCUT2D eigenvalue weighted by Gasteiger charge is -2.11. The van der Waals surface area contributed by atoms with Crippen LogP contribution >= 0.6 is 8.60 Å². The maximum absolute atomic E-state index is 9.58. The van der Waals surface area contributed by atoms with E-state index in [4.69, 9.17) is 14.3 Å². The third kappa shape index (κ3) is 6.42. The summed E-state index contributed by atoms with van der Waals surface area (Å²) in [5.41, 5.74) is 0. The van der Waals surface area contributed by atoms with Gasteiger partial charge in [0.05, 0.1) is 6.07 Å². The second kappa shape index (κ2) is 8.93. The zero-order chi connectivity index (χ0) is 13.9. The number of rotatable bonds is 4. The van der Waals surface area contributed by atoms with Crippen LogP contribution in [-0.4, -0.2) is 4.89 Å². The van der Waals surface area contributed by atoms with Gasteiger partial charge in [0.15, 0.2) is 0 Å². The van der Waals surface area contributed by atoms with E-state index in [1.165, 1.54) is 6.92 Å². The van der Waals surface area contributed by atoms with Crippen molar-refractivity contribution in [2.45, 2.75) is 6.92 Å². The van der Waals surface area contributed by atoms with Gasteiger partial charge in [-0.1, -0.05) is 36.4 Å². The van der Waals surface area contributed by atoms with Crippen molar-refractivity contribution in [1.82, 2.24) is 0 Å². The highest BCUT2D eigenvalue weighted by Gasteiger charge is 2.10. The third-order valence-corrected chi connectivity index (χ3v) is 2.59. The summed E-state index contributed by atoms with van der Waals surface area (Å²) in [4.78, 5) is 9.58. The maximum Gasteiger partial charge on any atom is 0.460 e. The molecule has 0 fully saturated rings. The van der Waals surface area contributed by atoms with Gasteiger partial charge in [-0.25, -0.2) is 0 Å². The van der Waals surface area contributed by atoms with Crippen LogP contribution in [0.15, 0.2) is 60.7 Å². The van der Waals surface area contributed by atoms with Gasteiger partial charge in [-0.3, -0.25) is 0 Å². The Kier molecular flexibility index (Phi) is 7.04. The average Bonchev–Trinajstić information content (AvgIpc) is 2.41. The molecule has 0 aliphatic heterocycles. The summed E-state index contributed by atoms with van der Waals surface area (Å²) >= 11 is 0. The lowest BCUT2D eigenvalue weighted by molar-refractivity contribution is 0.382. The van der Waals surface area contributed by atoms with Crippen molar-refractivity contribution in [3.05, 3.63) is 60.7 Å². The van der Waals surface area contributed by atoms with E-state index in [2.05, 4.69) is 0 Å². The summed E-state index contributed by atoms with van der Waals surface area (Å²) in [6, 6.07) is 19.9. The molecule has 0 spiro atoms. The van der Waals surface area contributed by atoms with Crippen molar-refractivity contribution in [2.24, 2.45) is 0 Å². The first-order chi connectivity index (χ1) is 9.26. The Morgan fingerprint density at radius 1 is 0.895 bits per heavy atom. The standard InChI is InChI=1S/C12H11O3P.C2H3N/c13-16(14-11-7-3-1-4-8-11)15-12-9-5-2-6-10-12;1-2-3/h1-10,13H;1H3. The lowest BCUT2D eigenvalue weighted by atomic mass is 10.3. The van der Waals surface area contributed by atoms with Gasteiger partial charge in [0.1, 0.15) is 11.5 Å². The van der Waals surface area contributed by atoms with Crippen LogP contribution in [0.2, 0.25) is 0 Å². The number of hydrogen-bond acceptors (Lipinski definition) is 4. The minimum absolute atomic E-state index is 0.590. The molecule has 2 aromatic rings. The quantitative estimate of drug-likeness (QED) is 0.860. The molecular weight excluding hydrogens is 261 g/mol. The molecule has 0 saturated heterocycles. The Bertz CT molecular complexity index is 458. The summed E-state index contributed by atoms with van der Waals surface area (Å²) in [5.74, 6) is 1.18. The highest BCUT2D eigenvalue weighted by Crippen LogP contribution is 2.35. The summed E-state index contributed by atoms with van der Waals surface area (Å²) in [7, 11) is -1.93. The molecule has 4 nitrogen and oxygen atoms in total. The molecule has 19 heavy (non-hydrogen) atoms. The van der Waals surface area contributed by atoms with E-state index in [0.29, 0.717) is 11.5 Å². The fourth-order valence-electron chi connectivity index (χ4n) is 1.16. The summed E-state index contributed by atoms with van der Waals surface area (Å²) in [6.07, 6.45) is 0. The van der Waals surface area contributed by atoms with Gasteiger partial charge < -0.3 is 13.9 Å². The molecule has 0 aliphatic rings. The van der Waals surface area contributed by atoms with Crippen molar-refractivity contribution < 1.29 is 13.9 Å². The second-order valence-corrected chi connectivity index (χ2v) is 4.11. The van der Waals surface area contributed by atoms with Crippen LogP contribution in [0.25, 0.3) is 0 Å². The molecule has 0 bridgehead atoms. The Labute approximate surface area is 113 Å². The number of benzene rings is 2. The minimum atomic E-state index is -1.93. The normalized spacial score (nSPS) is 8.95. The fourth-order valence-corrected chi connectivity index (χ4v) is 1.80. The molecule has 0 atom stereocenters. The number of nitrogens with zero attached hydrogens (tertiary/aromatic N) is 1. The van der Waals surface area contributed by atoms with Crippen LogP contribution in [0.3, 0.4) is 0 Å². The Morgan fingerprint density at radius 2 is 1.21 bits per heavy atom. The molecular formula is C14H14NO3P. The van der Waals surface area contributed by atoms with Gasteiger partial charge in [0, 0.05) is 6.92 Å². The highest BCUT2D eigenvalue weighted by molar-refractivity contribution is 7.41. The second-order valence-electron chi connectivity index (χ2n) is 3.27. The highest BCUT2D eigenvalue weighted by atomic mass is 31.2. The molecule has 2 rings (SSSR count). The van der Waals surface area contributed by atoms with Crippen LogP contribution < -0.4 is 9.05 Å². The first kappa shape index (κ1) is 15.0. The molecule has 0 unspecified atom stereocenters. The monoisotopic (exact) mass is 275 g/mol. The molecule has 98 valence electrons. The number of para-hydroxylation sites is 2. The van der Waals surface area contributed by atoms with E-state index in [1.807, 2.05) is 36.4 Å². The first-order valence-electron chi connectivity index (χ1n) is 5.52. The molecule has 0 radical (unpaired) electrons. The van der Waals surface area contributed by atoms with Crippen molar-refractivity contribution in [3.63, 3.8) is 0 Å². The zero-order valence-electron chi connectivity index (χ0n) is 10.4. The van der Waals surface area contributed by atoms with Crippen LogP contribution in [0.5, 0.6) is 11.5 Å². The molecule has 0 saturated carbocycles. The zero-order valence-corrected chi connectivity index (χ0v) is 11.3. The largest absolute Gasteiger partial charge is 0.460 e. The number of nitriles is 1. The average molecular weight is 275 g/mol. The van der Waals surface area contributed by atoms with E-state index < -0.39 is 8.60 Å². The van der Waals surface area contributed by atoms with Crippen molar-refractivity contribution in [3.8, 4) is 17.6 Å². The molecule has 0 aromatic heterocycles. The van der Waals surface area contributed by atoms with Crippen molar-refractivity contribution in [1.29, 1.82) is 5.26 Å². The van der Waals surface area contributed by atoms with Crippen molar-refractivity contribution >= 4 is 8.60 Å². The Balaban J connectivity index is 0.000000550. The van der Waals surface area contributed by atoms with Crippen molar-refractivity contribution in [2.75, 3.05) is 0 Å². The molecule has 5 heteroatoms. The van der Waals surface area contributed by atoms with E-state index in [-0.39, 0.29) is 0 Å². The molecule has 0 amide bonds. The molecule has 1 N–H and O–H groups in total. The first-order valence-corrected chi connectivity index (χ1v) is 6.65. The summed E-state index contributed by atoms with van der Waals surface area (Å²) in [5, 5.41) is 7.32. The van der Waals surface area contributed by atoms with Gasteiger partial charge in [-0.05, 0) is 24.3 Å². The van der Waals surface area contributed by atoms with E-state index in [1.54, 1.807) is 30.3 Å². The molecule has 2 aromatic carbocycles. The predicted octanol–water partition coefficient (Wildman–Crippen LogP) is 3.89. The summed E-state index contributed by atoms with van der Waals surface area (Å²) < 4.78 is 10.4. The Hall–Kier alpha value is -2.08. The lowest BCUT2D eigenvalue weighted by Crippen LogP contribution is -1.93. The molecule has 0 aliphatic carbocycles. The SMILES string of the molecule is CC#N.OP(Oc1ccccc1)Oc1ccccc1. The smallest absolute Gasteiger partial charge is 0.418 e. The van der Waals surface area contributed by atoms with Gasteiger partial charge >= 0.3 is 8.60 Å². The van der Waals surface area contributed by atoms with Crippen LogP contribution in [0, 0.1) is 11.3 Å². The summed E-state index contributed by atoms with van der Waals surface area (Å²) in [6.45, 7) is 1.43. The Morgan fingerprint density at radius 3 is 1.53 bits per heavy atom. The van der Waals surface area contributed by atoms with Gasteiger partial charge in [0.25, 0.3) is 0 Å². The fraction of sp³-hybridized carbons (Fsp3) is 0.0714. The topological polar surface area (TPSA) is 62.5 Å². The number of hydrogen-bond donors (Lipinski definition) is 1. The van der Waals surface area contributed by atoms with E-state index in [0.717, 1.165) is 0 Å². The maximum atomic E-state index is 9.58. The molecule has 0 heterocycles. The van der Waals surface area contributed by atoms with Gasteiger partial charge in [-0.2, -0.15) is 5.26 Å². The predicted molar refractivity (Wildman–Crippen MR) is 74.6 cm³/mol. The van der Waals surface area contributed by atoms with E-state index >= 15 is 0 Å².